The molecule has 0 saturated heterocycles. The number of benzene rings is 7. The van der Waals surface area contributed by atoms with Crippen LogP contribution in [0.5, 0.6) is 11.5 Å². The van der Waals surface area contributed by atoms with Crippen molar-refractivity contribution in [1.29, 1.82) is 0 Å². The number of hydrogen-bond acceptors (Lipinski definition) is 2. The zero-order chi connectivity index (χ0) is 35.9. The molecule has 0 bridgehead atoms. The van der Waals surface area contributed by atoms with Crippen molar-refractivity contribution in [1.82, 2.24) is 0 Å². The number of halogens is 13. The molecule has 0 fully saturated rings. The molecule has 0 aliphatic carbocycles. The van der Waals surface area contributed by atoms with Crippen LogP contribution in [-0.2, 0) is 0 Å². The maximum atomic E-state index is 15.8. The van der Waals surface area contributed by atoms with Gasteiger partial charge in [-0.1, -0.05) is 30.3 Å². The molecule has 0 amide bonds. The summed E-state index contributed by atoms with van der Waals surface area (Å²) in [6.45, 7) is 0. The summed E-state index contributed by atoms with van der Waals surface area (Å²) in [5, 5.41) is -4.29. The molecule has 0 unspecified atom stereocenters. The van der Waals surface area contributed by atoms with Crippen molar-refractivity contribution in [2.45, 2.75) is 0 Å². The van der Waals surface area contributed by atoms with E-state index in [9.17, 15) is 30.7 Å². The highest BCUT2D eigenvalue weighted by Crippen LogP contribution is 2.45. The van der Waals surface area contributed by atoms with E-state index >= 15 is 26.3 Å². The van der Waals surface area contributed by atoms with Crippen molar-refractivity contribution in [3.05, 3.63) is 136 Å². The molecule has 7 rings (SSSR count). The van der Waals surface area contributed by atoms with Crippen LogP contribution in [0, 0.1) is 75.6 Å². The molecule has 0 saturated carbocycles. The third kappa shape index (κ3) is 4.76. The zero-order valence-electron chi connectivity index (χ0n) is 24.1. The fourth-order valence-corrected chi connectivity index (χ4v) is 5.77. The van der Waals surface area contributed by atoms with Crippen molar-refractivity contribution in [2.75, 3.05) is 0 Å². The third-order valence-electron chi connectivity index (χ3n) is 7.98. The van der Waals surface area contributed by atoms with Crippen LogP contribution in [0.3, 0.4) is 0 Å². The van der Waals surface area contributed by atoms with Crippen LogP contribution in [-0.4, -0.2) is 7.12 Å². The second kappa shape index (κ2) is 11.7. The molecule has 0 spiro atoms. The van der Waals surface area contributed by atoms with Gasteiger partial charge in [0.25, 0.3) is 0 Å². The Morgan fingerprint density at radius 3 is 1.72 bits per heavy atom. The first-order chi connectivity index (χ1) is 23.7. The molecule has 0 radical (unpaired) electrons. The molecule has 2 nitrogen and oxygen atoms in total. The second-order valence-corrected chi connectivity index (χ2v) is 10.8. The zero-order valence-corrected chi connectivity index (χ0v) is 24.1. The molecular weight excluding hydrogens is 698 g/mol. The molecule has 0 aliphatic heterocycles. The summed E-state index contributed by atoms with van der Waals surface area (Å²) in [5.74, 6) is -29.4. The lowest BCUT2D eigenvalue weighted by Crippen LogP contribution is -2.48. The third-order valence-corrected chi connectivity index (χ3v) is 7.98. The Morgan fingerprint density at radius 2 is 1.02 bits per heavy atom. The lowest BCUT2D eigenvalue weighted by Gasteiger charge is -2.23. The van der Waals surface area contributed by atoms with Gasteiger partial charge in [0.2, 0.25) is 0 Å². The van der Waals surface area contributed by atoms with Crippen molar-refractivity contribution in [3.63, 3.8) is 0 Å². The van der Waals surface area contributed by atoms with Gasteiger partial charge in [0, 0.05) is 33.4 Å². The molecule has 16 heteroatoms. The smallest absolute Gasteiger partial charge is 0.521 e. The minimum atomic E-state index is -3.03. The maximum Gasteiger partial charge on any atom is 0.639 e. The van der Waals surface area contributed by atoms with Crippen molar-refractivity contribution < 1.29 is 66.4 Å². The fourth-order valence-electron chi connectivity index (χ4n) is 5.77. The Bertz CT molecular complexity index is 2530. The quantitative estimate of drug-likeness (QED) is 0.0563. The summed E-state index contributed by atoms with van der Waals surface area (Å²) in [6.07, 6.45) is 0. The second-order valence-electron chi connectivity index (χ2n) is 10.8. The van der Waals surface area contributed by atoms with Gasteiger partial charge in [-0.05, 0) is 29.7 Å². The molecule has 0 aromatic heterocycles. The van der Waals surface area contributed by atoms with E-state index in [1.54, 1.807) is 0 Å². The number of hydrogen-bond donors (Lipinski definition) is 0. The van der Waals surface area contributed by atoms with Gasteiger partial charge in [-0.15, -0.1) is 0 Å². The van der Waals surface area contributed by atoms with E-state index in [1.807, 2.05) is 0 Å². The van der Waals surface area contributed by atoms with Crippen molar-refractivity contribution in [3.8, 4) is 22.6 Å². The predicted octanol–water partition coefficient (Wildman–Crippen LogP) is 9.91. The van der Waals surface area contributed by atoms with Crippen LogP contribution in [0.2, 0.25) is 0 Å². The summed E-state index contributed by atoms with van der Waals surface area (Å²) in [7, 11) is -3.03. The fraction of sp³-hybridized carbons (Fsp3) is 0. The van der Waals surface area contributed by atoms with E-state index in [0.717, 1.165) is 42.5 Å². The molecule has 0 N–H and O–H groups in total. The van der Waals surface area contributed by atoms with E-state index in [0.29, 0.717) is 6.07 Å². The molecule has 0 aliphatic rings. The summed E-state index contributed by atoms with van der Waals surface area (Å²) in [5.41, 5.74) is -3.40. The number of rotatable bonds is 6. The molecule has 7 aromatic carbocycles. The SMILES string of the molecule is Fc1cc(F)c(F)c(-c2ccccc2OB(Oc2c(F)c(F)c3c(F)c(F)c4c(F)ccc5ccc2c3c54)c2c(F)c(F)c(F)c(F)c2F)c1. The first kappa shape index (κ1) is 32.9. The standard InChI is InChI=1S/C34H10BF13O2/c36-12-9-15(24(39)17(38)10-12)13-3-1-2-4-18(13)49-35(23-28(43)30(45)32(47)31(46)29(23)44)50-34-14-7-5-11-6-8-16(37)21-19(11)20(14)22(26(41)25(21)40)27(42)33(34)48/h1-10H. The van der Waals surface area contributed by atoms with Crippen LogP contribution in [0.25, 0.3) is 43.4 Å². The Morgan fingerprint density at radius 1 is 0.420 bits per heavy atom. The summed E-state index contributed by atoms with van der Waals surface area (Å²) in [6, 6.07) is 8.63. The van der Waals surface area contributed by atoms with Gasteiger partial charge in [-0.3, -0.25) is 0 Å². The molecule has 7 aromatic rings. The van der Waals surface area contributed by atoms with Crippen LogP contribution in [0.4, 0.5) is 57.1 Å². The highest BCUT2D eigenvalue weighted by molar-refractivity contribution is 6.63. The molecule has 50 heavy (non-hydrogen) atoms. The van der Waals surface area contributed by atoms with Crippen LogP contribution in [0.15, 0.2) is 60.7 Å². The average molecular weight is 708 g/mol. The van der Waals surface area contributed by atoms with E-state index in [4.69, 9.17) is 9.31 Å². The minimum Gasteiger partial charge on any atom is -0.521 e. The van der Waals surface area contributed by atoms with Gasteiger partial charge in [0.1, 0.15) is 23.1 Å². The largest absolute Gasteiger partial charge is 0.639 e. The van der Waals surface area contributed by atoms with Gasteiger partial charge in [0.15, 0.2) is 64.0 Å². The average Bonchev–Trinajstić information content (AvgIpc) is 3.09. The summed E-state index contributed by atoms with van der Waals surface area (Å²) < 4.78 is 204. The molecule has 0 atom stereocenters. The van der Waals surface area contributed by atoms with Gasteiger partial charge < -0.3 is 9.31 Å². The van der Waals surface area contributed by atoms with Crippen LogP contribution in [0.1, 0.15) is 0 Å². The Balaban J connectivity index is 1.51. The Labute approximate surface area is 270 Å². The van der Waals surface area contributed by atoms with Crippen molar-refractivity contribution >= 4 is 44.9 Å². The normalized spacial score (nSPS) is 11.7. The molecule has 252 valence electrons. The van der Waals surface area contributed by atoms with Gasteiger partial charge in [-0.25, -0.2) is 52.7 Å². The van der Waals surface area contributed by atoms with Gasteiger partial charge in [0.05, 0.1) is 16.2 Å². The summed E-state index contributed by atoms with van der Waals surface area (Å²) >= 11 is 0. The van der Waals surface area contributed by atoms with E-state index < -0.39 is 138 Å². The Hall–Kier alpha value is -5.67. The highest BCUT2D eigenvalue weighted by Gasteiger charge is 2.41. The van der Waals surface area contributed by atoms with Crippen LogP contribution >= 0.6 is 0 Å². The molecular formula is C34H10BF13O2. The van der Waals surface area contributed by atoms with E-state index in [1.165, 1.54) is 6.07 Å². The Kier molecular flexibility index (Phi) is 7.72. The van der Waals surface area contributed by atoms with Crippen LogP contribution < -0.4 is 14.8 Å². The first-order valence-corrected chi connectivity index (χ1v) is 13.9. The minimum absolute atomic E-state index is 0.0272. The highest BCUT2D eigenvalue weighted by atomic mass is 19.2. The molecule has 0 heterocycles. The van der Waals surface area contributed by atoms with Gasteiger partial charge in [-0.2, -0.15) is 4.39 Å². The van der Waals surface area contributed by atoms with Crippen molar-refractivity contribution in [2.24, 2.45) is 0 Å². The monoisotopic (exact) mass is 708 g/mol. The summed E-state index contributed by atoms with van der Waals surface area (Å²) in [4.78, 5) is 0. The predicted molar refractivity (Wildman–Crippen MR) is 155 cm³/mol. The first-order valence-electron chi connectivity index (χ1n) is 13.9. The van der Waals surface area contributed by atoms with Gasteiger partial charge >= 0.3 is 7.12 Å². The lowest BCUT2D eigenvalue weighted by molar-refractivity contribution is 0.373. The lowest BCUT2D eigenvalue weighted by atomic mass is 9.76. The van der Waals surface area contributed by atoms with E-state index in [2.05, 4.69) is 0 Å². The topological polar surface area (TPSA) is 18.5 Å². The maximum absolute atomic E-state index is 15.8. The number of para-hydroxylation sites is 1. The van der Waals surface area contributed by atoms with E-state index in [-0.39, 0.29) is 11.5 Å².